The summed E-state index contributed by atoms with van der Waals surface area (Å²) in [6.45, 7) is 11.9. The van der Waals surface area contributed by atoms with E-state index in [4.69, 9.17) is 0 Å². The van der Waals surface area contributed by atoms with Crippen molar-refractivity contribution in [3.63, 3.8) is 0 Å². The number of benzene rings is 3. The van der Waals surface area contributed by atoms with Crippen LogP contribution in [0.25, 0.3) is 32.9 Å². The van der Waals surface area contributed by atoms with Crippen LogP contribution in [0.3, 0.4) is 0 Å². The standard InChI is InChI=1S/C28H30N/c1-6-27(4)23-17-16-20-12-8-9-14-22(20)26(23)25-18-19(3)21-13-10-11-15-24(21)29(25)28(27,5)7-2/h8-18H,6-7H2,1-5H3/q+1. The number of pyridine rings is 1. The zero-order valence-corrected chi connectivity index (χ0v) is 18.2. The van der Waals surface area contributed by atoms with Gasteiger partial charge in [-0.15, -0.1) is 0 Å². The Balaban J connectivity index is 2.07. The lowest BCUT2D eigenvalue weighted by Crippen LogP contribution is -2.67. The van der Waals surface area contributed by atoms with Gasteiger partial charge in [0.25, 0.3) is 0 Å². The molecule has 1 aliphatic rings. The first kappa shape index (κ1) is 18.4. The molecule has 0 saturated heterocycles. The maximum Gasteiger partial charge on any atom is 0.214 e. The number of hydrogen-bond acceptors (Lipinski definition) is 0. The van der Waals surface area contributed by atoms with Crippen molar-refractivity contribution in [2.45, 2.75) is 58.4 Å². The highest BCUT2D eigenvalue weighted by atomic mass is 15.1. The van der Waals surface area contributed by atoms with Crippen molar-refractivity contribution >= 4 is 21.7 Å². The van der Waals surface area contributed by atoms with Crippen molar-refractivity contribution in [1.82, 2.24) is 0 Å². The van der Waals surface area contributed by atoms with E-state index in [1.54, 1.807) is 0 Å². The summed E-state index contributed by atoms with van der Waals surface area (Å²) in [5, 5.41) is 4.05. The Morgan fingerprint density at radius 3 is 2.21 bits per heavy atom. The highest BCUT2D eigenvalue weighted by molar-refractivity contribution is 5.98. The molecule has 0 fully saturated rings. The Labute approximate surface area is 174 Å². The van der Waals surface area contributed by atoms with Gasteiger partial charge in [0, 0.05) is 30.9 Å². The van der Waals surface area contributed by atoms with Gasteiger partial charge >= 0.3 is 0 Å². The van der Waals surface area contributed by atoms with E-state index in [1.165, 1.54) is 44.1 Å². The number of hydrogen-bond donors (Lipinski definition) is 0. The number of para-hydroxylation sites is 1. The third-order valence-corrected chi connectivity index (χ3v) is 8.02. The second-order valence-corrected chi connectivity index (χ2v) is 9.09. The van der Waals surface area contributed by atoms with E-state index < -0.39 is 0 Å². The molecule has 0 saturated carbocycles. The van der Waals surface area contributed by atoms with Gasteiger partial charge in [0.05, 0.1) is 11.0 Å². The fraction of sp³-hybridized carbons (Fsp3) is 0.321. The number of fused-ring (bicyclic) bond motifs is 7. The molecule has 0 N–H and O–H groups in total. The second kappa shape index (κ2) is 6.16. The molecule has 0 spiro atoms. The largest absolute Gasteiger partial charge is 0.214 e. The topological polar surface area (TPSA) is 3.88 Å². The van der Waals surface area contributed by atoms with Crippen LogP contribution in [-0.2, 0) is 11.0 Å². The van der Waals surface area contributed by atoms with Crippen molar-refractivity contribution in [2.24, 2.45) is 0 Å². The van der Waals surface area contributed by atoms with Crippen molar-refractivity contribution in [3.8, 4) is 11.3 Å². The van der Waals surface area contributed by atoms with Crippen LogP contribution in [0.1, 0.15) is 51.7 Å². The maximum absolute atomic E-state index is 2.67. The smallest absolute Gasteiger partial charge is 0.185 e. The number of nitrogens with zero attached hydrogens (tertiary/aromatic N) is 1. The molecule has 0 aliphatic carbocycles. The summed E-state index contributed by atoms with van der Waals surface area (Å²) in [5.74, 6) is 0. The Morgan fingerprint density at radius 2 is 1.48 bits per heavy atom. The van der Waals surface area contributed by atoms with Gasteiger partial charge in [0.2, 0.25) is 11.2 Å². The molecule has 2 atom stereocenters. The van der Waals surface area contributed by atoms with Crippen molar-refractivity contribution in [1.29, 1.82) is 0 Å². The van der Waals surface area contributed by atoms with E-state index in [1.807, 2.05) is 0 Å². The first-order chi connectivity index (χ1) is 14.0. The average molecular weight is 381 g/mol. The van der Waals surface area contributed by atoms with Crippen LogP contribution in [0, 0.1) is 6.92 Å². The molecule has 1 heteroatoms. The highest BCUT2D eigenvalue weighted by Gasteiger charge is 2.57. The summed E-state index contributed by atoms with van der Waals surface area (Å²) in [7, 11) is 0. The summed E-state index contributed by atoms with van der Waals surface area (Å²) < 4.78 is 2.67. The minimum absolute atomic E-state index is 0.000155. The van der Waals surface area contributed by atoms with E-state index in [2.05, 4.69) is 106 Å². The lowest BCUT2D eigenvalue weighted by molar-refractivity contribution is -0.742. The fourth-order valence-electron chi connectivity index (χ4n) is 5.86. The molecule has 2 heterocycles. The van der Waals surface area contributed by atoms with Crippen LogP contribution in [0.2, 0.25) is 0 Å². The maximum atomic E-state index is 2.67. The number of rotatable bonds is 2. The molecule has 1 nitrogen and oxygen atoms in total. The molecule has 1 aromatic heterocycles. The summed E-state index contributed by atoms with van der Waals surface area (Å²) >= 11 is 0. The van der Waals surface area contributed by atoms with Crippen LogP contribution in [0.4, 0.5) is 0 Å². The molecule has 0 radical (unpaired) electrons. The van der Waals surface area contributed by atoms with E-state index in [9.17, 15) is 0 Å². The number of aromatic nitrogens is 1. The molecule has 2 unspecified atom stereocenters. The third kappa shape index (κ3) is 2.19. The van der Waals surface area contributed by atoms with Gasteiger partial charge in [-0.2, -0.15) is 4.57 Å². The number of aryl methyl sites for hydroxylation is 1. The first-order valence-electron chi connectivity index (χ1n) is 10.9. The SMILES string of the molecule is CCC1(C)c2ccc3ccccc3c2-c2cc(C)c3ccccc3[n+]2C1(C)CC. The molecule has 1 aliphatic heterocycles. The zero-order valence-electron chi connectivity index (χ0n) is 18.2. The molecule has 0 bridgehead atoms. The Morgan fingerprint density at radius 1 is 0.793 bits per heavy atom. The molecule has 29 heavy (non-hydrogen) atoms. The fourth-order valence-corrected chi connectivity index (χ4v) is 5.86. The van der Waals surface area contributed by atoms with E-state index in [0.29, 0.717) is 0 Å². The normalized spacial score (nSPS) is 23.2. The van der Waals surface area contributed by atoms with Crippen molar-refractivity contribution in [2.75, 3.05) is 0 Å². The molecular weight excluding hydrogens is 350 g/mol. The van der Waals surface area contributed by atoms with Gasteiger partial charge in [0.15, 0.2) is 5.54 Å². The average Bonchev–Trinajstić information content (AvgIpc) is 2.76. The lowest BCUT2D eigenvalue weighted by atomic mass is 9.60. The Kier molecular flexibility index (Phi) is 3.90. The van der Waals surface area contributed by atoms with Gasteiger partial charge in [-0.25, -0.2) is 0 Å². The minimum Gasteiger partial charge on any atom is -0.185 e. The van der Waals surface area contributed by atoms with E-state index >= 15 is 0 Å². The monoisotopic (exact) mass is 380 g/mol. The molecule has 3 aromatic carbocycles. The molecule has 0 amide bonds. The van der Waals surface area contributed by atoms with Crippen molar-refractivity contribution < 1.29 is 4.57 Å². The quantitative estimate of drug-likeness (QED) is 0.328. The molecular formula is C28H30N+. The van der Waals surface area contributed by atoms with E-state index in [0.717, 1.165) is 12.8 Å². The van der Waals surface area contributed by atoms with Crippen LogP contribution in [0.5, 0.6) is 0 Å². The van der Waals surface area contributed by atoms with Gasteiger partial charge in [-0.05, 0) is 48.2 Å². The zero-order chi connectivity index (χ0) is 20.4. The van der Waals surface area contributed by atoms with Crippen molar-refractivity contribution in [3.05, 3.63) is 77.9 Å². The van der Waals surface area contributed by atoms with Gasteiger partial charge < -0.3 is 0 Å². The minimum atomic E-state index is -0.000155. The summed E-state index contributed by atoms with van der Waals surface area (Å²) in [5.41, 5.74) is 7.04. The summed E-state index contributed by atoms with van der Waals surface area (Å²) in [4.78, 5) is 0. The predicted octanol–water partition coefficient (Wildman–Crippen LogP) is 7.06. The van der Waals surface area contributed by atoms with Crippen LogP contribution in [-0.4, -0.2) is 0 Å². The Hall–Kier alpha value is -2.67. The van der Waals surface area contributed by atoms with Gasteiger partial charge in [-0.1, -0.05) is 62.4 Å². The highest BCUT2D eigenvalue weighted by Crippen LogP contribution is 2.52. The van der Waals surface area contributed by atoms with Crippen LogP contribution < -0.4 is 4.57 Å². The molecule has 5 rings (SSSR count). The lowest BCUT2D eigenvalue weighted by Gasteiger charge is -2.46. The second-order valence-electron chi connectivity index (χ2n) is 9.09. The third-order valence-electron chi connectivity index (χ3n) is 8.02. The Bertz CT molecular complexity index is 1270. The van der Waals surface area contributed by atoms with Gasteiger partial charge in [0.1, 0.15) is 0 Å². The van der Waals surface area contributed by atoms with Crippen LogP contribution in [0.15, 0.2) is 66.7 Å². The van der Waals surface area contributed by atoms with Gasteiger partial charge in [-0.3, -0.25) is 0 Å². The summed E-state index contributed by atoms with van der Waals surface area (Å²) in [6, 6.07) is 25.0. The summed E-state index contributed by atoms with van der Waals surface area (Å²) in [6.07, 6.45) is 2.20. The first-order valence-corrected chi connectivity index (χ1v) is 10.9. The molecule has 4 aromatic rings. The predicted molar refractivity (Wildman–Crippen MR) is 123 cm³/mol. The van der Waals surface area contributed by atoms with E-state index in [-0.39, 0.29) is 11.0 Å². The molecule has 146 valence electrons. The van der Waals surface area contributed by atoms with Crippen LogP contribution >= 0.6 is 0 Å².